The molecule has 3 nitrogen and oxygen atoms in total. The number of methoxy groups -OCH3 is 2. The number of carbonyl (C=O) groups is 1. The molecule has 0 aliphatic rings. The summed E-state index contributed by atoms with van der Waals surface area (Å²) in [7, 11) is 3.24. The molecule has 0 spiro atoms. The third-order valence-corrected chi connectivity index (χ3v) is 3.36. The van der Waals surface area contributed by atoms with Gasteiger partial charge in [0.2, 0.25) is 0 Å². The van der Waals surface area contributed by atoms with E-state index in [-0.39, 0.29) is 0 Å². The number of aldehydes is 1. The topological polar surface area (TPSA) is 35.5 Å². The van der Waals surface area contributed by atoms with Gasteiger partial charge in [0.05, 0.1) is 14.2 Å². The van der Waals surface area contributed by atoms with Gasteiger partial charge >= 0.3 is 0 Å². The van der Waals surface area contributed by atoms with E-state index in [1.165, 1.54) is 0 Å². The second kappa shape index (κ2) is 6.75. The van der Waals surface area contributed by atoms with Crippen molar-refractivity contribution in [2.24, 2.45) is 0 Å². The van der Waals surface area contributed by atoms with Gasteiger partial charge in [-0.25, -0.2) is 0 Å². The van der Waals surface area contributed by atoms with Crippen molar-refractivity contribution in [3.8, 4) is 11.5 Å². The quantitative estimate of drug-likeness (QED) is 0.761. The highest BCUT2D eigenvalue weighted by molar-refractivity contribution is 5.84. The highest BCUT2D eigenvalue weighted by Gasteiger charge is 2.14. The largest absolute Gasteiger partial charge is 0.497 e. The molecule has 0 bridgehead atoms. The zero-order chi connectivity index (χ0) is 15.2. The molecule has 0 amide bonds. The Bertz CT molecular complexity index is 659. The second-order valence-electron chi connectivity index (χ2n) is 4.58. The van der Waals surface area contributed by atoms with Gasteiger partial charge in [-0.3, -0.25) is 0 Å². The molecule has 2 aromatic carbocycles. The summed E-state index contributed by atoms with van der Waals surface area (Å²) < 4.78 is 10.7. The van der Waals surface area contributed by atoms with E-state index >= 15 is 0 Å². The van der Waals surface area contributed by atoms with Crippen molar-refractivity contribution in [1.82, 2.24) is 0 Å². The van der Waals surface area contributed by atoms with E-state index < -0.39 is 0 Å². The molecule has 21 heavy (non-hydrogen) atoms. The molecule has 0 heterocycles. The number of benzene rings is 2. The van der Waals surface area contributed by atoms with Crippen molar-refractivity contribution in [1.29, 1.82) is 0 Å². The Kier molecular flexibility index (Phi) is 4.77. The number of hydrogen-bond donors (Lipinski definition) is 0. The minimum absolute atomic E-state index is 0.329. The van der Waals surface area contributed by atoms with Crippen molar-refractivity contribution >= 4 is 11.9 Å². The monoisotopic (exact) mass is 282 g/mol. The van der Waals surface area contributed by atoms with Gasteiger partial charge in [-0.05, 0) is 34.9 Å². The predicted octanol–water partition coefficient (Wildman–Crippen LogP) is 3.51. The van der Waals surface area contributed by atoms with Crippen LogP contribution in [-0.4, -0.2) is 20.5 Å². The lowest BCUT2D eigenvalue weighted by Gasteiger charge is -2.15. The Morgan fingerprint density at radius 1 is 1.14 bits per heavy atom. The van der Waals surface area contributed by atoms with Gasteiger partial charge in [0.15, 0.2) is 0 Å². The number of hydrogen-bond acceptors (Lipinski definition) is 3. The molecule has 0 radical (unpaired) electrons. The Hall–Kier alpha value is -2.55. The minimum atomic E-state index is 0.329. The molecule has 2 aromatic rings. The third kappa shape index (κ3) is 3.14. The molecule has 0 saturated heterocycles. The lowest BCUT2D eigenvalue weighted by molar-refractivity contribution is -0.107. The first-order chi connectivity index (χ1) is 10.2. The summed E-state index contributed by atoms with van der Waals surface area (Å²) >= 11 is 0. The minimum Gasteiger partial charge on any atom is -0.497 e. The average molecular weight is 282 g/mol. The smallest absolute Gasteiger partial charge is 0.126 e. The first kappa shape index (κ1) is 14.9. The maximum atomic E-state index is 10.9. The van der Waals surface area contributed by atoms with E-state index in [1.807, 2.05) is 42.5 Å². The molecule has 0 saturated carbocycles. The summed E-state index contributed by atoms with van der Waals surface area (Å²) in [6.45, 7) is 4.17. The lowest BCUT2D eigenvalue weighted by Crippen LogP contribution is -1.99. The molecular weight excluding hydrogens is 264 g/mol. The average Bonchev–Trinajstić information content (AvgIpc) is 2.54. The molecule has 0 aliphatic heterocycles. The second-order valence-corrected chi connectivity index (χ2v) is 4.58. The number of ether oxygens (including phenoxy) is 2. The summed E-state index contributed by atoms with van der Waals surface area (Å²) in [5.74, 6) is 1.47. The van der Waals surface area contributed by atoms with Crippen molar-refractivity contribution in [3.63, 3.8) is 0 Å². The lowest BCUT2D eigenvalue weighted by atomic mass is 9.93. The van der Waals surface area contributed by atoms with Crippen molar-refractivity contribution in [2.45, 2.75) is 6.42 Å². The van der Waals surface area contributed by atoms with Crippen molar-refractivity contribution < 1.29 is 14.3 Å². The molecule has 108 valence electrons. The molecule has 0 fully saturated rings. The van der Waals surface area contributed by atoms with Crippen LogP contribution in [0.3, 0.4) is 0 Å². The Balaban J connectivity index is 2.53. The van der Waals surface area contributed by atoms with Gasteiger partial charge in [-0.15, -0.1) is 0 Å². The van der Waals surface area contributed by atoms with Crippen LogP contribution in [-0.2, 0) is 11.2 Å². The van der Waals surface area contributed by atoms with E-state index in [1.54, 1.807) is 14.2 Å². The van der Waals surface area contributed by atoms with E-state index in [0.717, 1.165) is 34.3 Å². The Labute approximate surface area is 124 Å². The fraction of sp³-hybridized carbons (Fsp3) is 0.167. The van der Waals surface area contributed by atoms with Crippen LogP contribution in [0.4, 0.5) is 0 Å². The number of rotatable bonds is 6. The summed E-state index contributed by atoms with van der Waals surface area (Å²) in [4.78, 5) is 10.9. The van der Waals surface area contributed by atoms with Crippen LogP contribution in [0, 0.1) is 0 Å². The first-order valence-corrected chi connectivity index (χ1v) is 6.64. The molecule has 3 heteroatoms. The normalized spacial score (nSPS) is 10.0. The van der Waals surface area contributed by atoms with E-state index in [2.05, 4.69) is 6.58 Å². The first-order valence-electron chi connectivity index (χ1n) is 6.64. The molecule has 0 atom stereocenters. The summed E-state index contributed by atoms with van der Waals surface area (Å²) in [5.41, 5.74) is 3.51. The maximum Gasteiger partial charge on any atom is 0.126 e. The van der Waals surface area contributed by atoms with Crippen LogP contribution in [0.2, 0.25) is 0 Å². The van der Waals surface area contributed by atoms with Gasteiger partial charge in [-0.2, -0.15) is 0 Å². The Morgan fingerprint density at radius 2 is 1.90 bits per heavy atom. The Morgan fingerprint density at radius 3 is 2.57 bits per heavy atom. The van der Waals surface area contributed by atoms with Gasteiger partial charge in [-0.1, -0.05) is 30.8 Å². The van der Waals surface area contributed by atoms with E-state index in [4.69, 9.17) is 9.47 Å². The third-order valence-electron chi connectivity index (χ3n) is 3.36. The molecule has 0 unspecified atom stereocenters. The molecular formula is C18H18O3. The summed E-state index contributed by atoms with van der Waals surface area (Å²) in [6, 6.07) is 13.3. The summed E-state index contributed by atoms with van der Waals surface area (Å²) in [5, 5.41) is 0. The molecule has 0 aliphatic carbocycles. The highest BCUT2D eigenvalue weighted by Crippen LogP contribution is 2.34. The van der Waals surface area contributed by atoms with Crippen LogP contribution in [0.15, 0.2) is 49.0 Å². The van der Waals surface area contributed by atoms with Gasteiger partial charge in [0, 0.05) is 12.0 Å². The summed E-state index contributed by atoms with van der Waals surface area (Å²) in [6.07, 6.45) is 1.21. The zero-order valence-corrected chi connectivity index (χ0v) is 12.3. The van der Waals surface area contributed by atoms with Crippen LogP contribution in [0.1, 0.15) is 16.7 Å². The van der Waals surface area contributed by atoms with Crippen LogP contribution >= 0.6 is 0 Å². The highest BCUT2D eigenvalue weighted by atomic mass is 16.5. The van der Waals surface area contributed by atoms with Gasteiger partial charge < -0.3 is 14.3 Å². The van der Waals surface area contributed by atoms with Crippen LogP contribution in [0.25, 0.3) is 5.57 Å². The zero-order valence-electron chi connectivity index (χ0n) is 12.3. The molecule has 0 aromatic heterocycles. The standard InChI is InChI=1S/C18H18O3/c1-13(15-7-4-8-16(12-15)20-2)18-14(10-11-19)6-5-9-17(18)21-3/h4-9,11-12H,1,10H2,2-3H3. The van der Waals surface area contributed by atoms with Crippen molar-refractivity contribution in [2.75, 3.05) is 14.2 Å². The van der Waals surface area contributed by atoms with E-state index in [0.29, 0.717) is 12.2 Å². The maximum absolute atomic E-state index is 10.9. The predicted molar refractivity (Wildman–Crippen MR) is 83.9 cm³/mol. The fourth-order valence-corrected chi connectivity index (χ4v) is 2.30. The van der Waals surface area contributed by atoms with Crippen molar-refractivity contribution in [3.05, 3.63) is 65.7 Å². The molecule has 2 rings (SSSR count). The van der Waals surface area contributed by atoms with E-state index in [9.17, 15) is 4.79 Å². The fourth-order valence-electron chi connectivity index (χ4n) is 2.30. The van der Waals surface area contributed by atoms with Gasteiger partial charge in [0.25, 0.3) is 0 Å². The molecule has 0 N–H and O–H groups in total. The SMILES string of the molecule is C=C(c1cccc(OC)c1)c1c(CC=O)cccc1OC. The van der Waals surface area contributed by atoms with Gasteiger partial charge in [0.1, 0.15) is 17.8 Å². The van der Waals surface area contributed by atoms with Crippen LogP contribution < -0.4 is 9.47 Å². The number of carbonyl (C=O) groups excluding carboxylic acids is 1. The van der Waals surface area contributed by atoms with Crippen LogP contribution in [0.5, 0.6) is 11.5 Å².